The van der Waals surface area contributed by atoms with Crippen molar-refractivity contribution >= 4 is 16.9 Å². The van der Waals surface area contributed by atoms with Gasteiger partial charge in [0.25, 0.3) is 0 Å². The molecule has 2 aromatic carbocycles. The first-order valence-electron chi connectivity index (χ1n) is 11.8. The Balaban J connectivity index is 1.47. The molecule has 1 atom stereocenters. The smallest absolute Gasteiger partial charge is 0.317 e. The lowest BCUT2D eigenvalue weighted by Gasteiger charge is -2.33. The summed E-state index contributed by atoms with van der Waals surface area (Å²) >= 11 is 0. The molecule has 1 aliphatic heterocycles. The van der Waals surface area contributed by atoms with Crippen molar-refractivity contribution in [1.82, 2.24) is 19.4 Å². The summed E-state index contributed by atoms with van der Waals surface area (Å²) < 4.78 is 2.78. The maximum Gasteiger partial charge on any atom is 0.317 e. The number of nitrogens with zero attached hydrogens (tertiary/aromatic N) is 3. The Kier molecular flexibility index (Phi) is 7.40. The summed E-state index contributed by atoms with van der Waals surface area (Å²) in [6.07, 6.45) is 4.63. The summed E-state index contributed by atoms with van der Waals surface area (Å²) in [6.45, 7) is 5.03. The number of nitrogens with one attached hydrogen (secondary N) is 1. The molecule has 0 radical (unpaired) electrons. The number of piperidine rings is 1. The van der Waals surface area contributed by atoms with Crippen LogP contribution in [-0.4, -0.2) is 45.6 Å². The molecule has 1 amide bonds. The molecule has 0 bridgehead atoms. The van der Waals surface area contributed by atoms with Crippen molar-refractivity contribution in [2.75, 3.05) is 19.6 Å². The SMILES string of the molecule is C[C@H]1CCCCN1CCCNC(=O)Cn1c(=O)c(=O)n(Cc2ccccc2)c2ccccc21. The van der Waals surface area contributed by atoms with Crippen LogP contribution < -0.4 is 16.4 Å². The molecule has 1 aliphatic rings. The highest BCUT2D eigenvalue weighted by Crippen LogP contribution is 2.16. The van der Waals surface area contributed by atoms with Crippen molar-refractivity contribution in [1.29, 1.82) is 0 Å². The molecule has 0 spiro atoms. The van der Waals surface area contributed by atoms with Crippen LogP contribution in [-0.2, 0) is 17.9 Å². The number of hydrogen-bond donors (Lipinski definition) is 1. The number of para-hydroxylation sites is 2. The van der Waals surface area contributed by atoms with Crippen LogP contribution in [0.3, 0.4) is 0 Å². The summed E-state index contributed by atoms with van der Waals surface area (Å²) in [7, 11) is 0. The first-order chi connectivity index (χ1) is 16.0. The van der Waals surface area contributed by atoms with Gasteiger partial charge in [-0.3, -0.25) is 23.5 Å². The maximum absolute atomic E-state index is 12.9. The predicted octanol–water partition coefficient (Wildman–Crippen LogP) is 2.59. The quantitative estimate of drug-likeness (QED) is 0.425. The van der Waals surface area contributed by atoms with Crippen molar-refractivity contribution in [3.8, 4) is 0 Å². The third kappa shape index (κ3) is 5.42. The molecule has 7 nitrogen and oxygen atoms in total. The molecule has 1 fully saturated rings. The van der Waals surface area contributed by atoms with Crippen molar-refractivity contribution < 1.29 is 4.79 Å². The van der Waals surface area contributed by atoms with Gasteiger partial charge in [0.1, 0.15) is 6.54 Å². The summed E-state index contributed by atoms with van der Waals surface area (Å²) in [5.74, 6) is -0.255. The van der Waals surface area contributed by atoms with Crippen molar-refractivity contribution in [3.05, 3.63) is 80.9 Å². The molecule has 1 saturated heterocycles. The predicted molar refractivity (Wildman–Crippen MR) is 131 cm³/mol. The molecule has 4 rings (SSSR count). The average molecular weight is 449 g/mol. The topological polar surface area (TPSA) is 76.3 Å². The van der Waals surface area contributed by atoms with Gasteiger partial charge in [0.15, 0.2) is 0 Å². The van der Waals surface area contributed by atoms with Crippen LogP contribution in [0.5, 0.6) is 0 Å². The minimum atomic E-state index is -0.679. The van der Waals surface area contributed by atoms with Crippen molar-refractivity contribution in [3.63, 3.8) is 0 Å². The van der Waals surface area contributed by atoms with Gasteiger partial charge in [-0.1, -0.05) is 48.9 Å². The Bertz CT molecular complexity index is 1220. The molecule has 174 valence electrons. The molecule has 0 unspecified atom stereocenters. The van der Waals surface area contributed by atoms with Crippen LogP contribution in [0.4, 0.5) is 0 Å². The van der Waals surface area contributed by atoms with Gasteiger partial charge in [0.05, 0.1) is 17.6 Å². The van der Waals surface area contributed by atoms with E-state index in [1.54, 1.807) is 6.07 Å². The number of rotatable bonds is 8. The Morgan fingerprint density at radius 2 is 1.61 bits per heavy atom. The number of fused-ring (bicyclic) bond motifs is 1. The number of benzene rings is 2. The van der Waals surface area contributed by atoms with Gasteiger partial charge in [-0.2, -0.15) is 0 Å². The number of hydrogen-bond acceptors (Lipinski definition) is 4. The van der Waals surface area contributed by atoms with Crippen LogP contribution in [0.15, 0.2) is 64.2 Å². The van der Waals surface area contributed by atoms with E-state index in [0.717, 1.165) is 25.1 Å². The summed E-state index contributed by atoms with van der Waals surface area (Å²) in [5, 5.41) is 2.92. The zero-order valence-electron chi connectivity index (χ0n) is 19.2. The Hall–Kier alpha value is -3.19. The second kappa shape index (κ2) is 10.6. The van der Waals surface area contributed by atoms with E-state index in [1.165, 1.54) is 28.4 Å². The van der Waals surface area contributed by atoms with Gasteiger partial charge in [-0.05, 0) is 50.4 Å². The Morgan fingerprint density at radius 3 is 2.33 bits per heavy atom. The third-order valence-corrected chi connectivity index (χ3v) is 6.51. The molecule has 3 aromatic rings. The Morgan fingerprint density at radius 1 is 0.939 bits per heavy atom. The van der Waals surface area contributed by atoms with Crippen LogP contribution >= 0.6 is 0 Å². The fraction of sp³-hybridized carbons (Fsp3) is 0.423. The molecule has 1 aromatic heterocycles. The van der Waals surface area contributed by atoms with Crippen LogP contribution in [0.1, 0.15) is 38.2 Å². The second-order valence-electron chi connectivity index (χ2n) is 8.84. The normalized spacial score (nSPS) is 16.7. The molecular weight excluding hydrogens is 416 g/mol. The van der Waals surface area contributed by atoms with Gasteiger partial charge >= 0.3 is 11.1 Å². The van der Waals surface area contributed by atoms with Crippen LogP contribution in [0.2, 0.25) is 0 Å². The van der Waals surface area contributed by atoms with E-state index in [0.29, 0.717) is 30.2 Å². The zero-order chi connectivity index (χ0) is 23.2. The van der Waals surface area contributed by atoms with Crippen molar-refractivity contribution in [2.24, 2.45) is 0 Å². The van der Waals surface area contributed by atoms with E-state index >= 15 is 0 Å². The average Bonchev–Trinajstić information content (AvgIpc) is 2.84. The lowest BCUT2D eigenvalue weighted by atomic mass is 10.0. The van der Waals surface area contributed by atoms with Crippen molar-refractivity contribution in [2.45, 2.75) is 51.7 Å². The first-order valence-corrected chi connectivity index (χ1v) is 11.8. The zero-order valence-corrected chi connectivity index (χ0v) is 19.2. The van der Waals surface area contributed by atoms with Gasteiger partial charge in [0.2, 0.25) is 5.91 Å². The van der Waals surface area contributed by atoms with Gasteiger partial charge in [-0.25, -0.2) is 0 Å². The maximum atomic E-state index is 12.9. The highest BCUT2D eigenvalue weighted by Gasteiger charge is 2.18. The number of likely N-dealkylation sites (tertiary alicyclic amines) is 1. The lowest BCUT2D eigenvalue weighted by molar-refractivity contribution is -0.121. The summed E-state index contributed by atoms with van der Waals surface area (Å²) in [6, 6.07) is 17.4. The summed E-state index contributed by atoms with van der Waals surface area (Å²) in [5.41, 5.74) is 0.849. The first kappa shape index (κ1) is 23.0. The summed E-state index contributed by atoms with van der Waals surface area (Å²) in [4.78, 5) is 41.0. The number of carbonyl (C=O) groups is 1. The molecule has 2 heterocycles. The minimum Gasteiger partial charge on any atom is -0.355 e. The number of amides is 1. The van der Waals surface area contributed by atoms with Gasteiger partial charge in [-0.15, -0.1) is 0 Å². The largest absolute Gasteiger partial charge is 0.355 e. The molecule has 33 heavy (non-hydrogen) atoms. The molecular formula is C26H32N4O3. The van der Waals surface area contributed by atoms with E-state index in [-0.39, 0.29) is 12.5 Å². The fourth-order valence-corrected chi connectivity index (χ4v) is 4.65. The highest BCUT2D eigenvalue weighted by atomic mass is 16.2. The molecule has 1 N–H and O–H groups in total. The van der Waals surface area contributed by atoms with Gasteiger partial charge < -0.3 is 10.2 Å². The number of aromatic nitrogens is 2. The van der Waals surface area contributed by atoms with E-state index in [9.17, 15) is 14.4 Å². The monoisotopic (exact) mass is 448 g/mol. The highest BCUT2D eigenvalue weighted by molar-refractivity contribution is 5.80. The van der Waals surface area contributed by atoms with E-state index in [4.69, 9.17) is 0 Å². The minimum absolute atomic E-state index is 0.166. The molecule has 0 aliphatic carbocycles. The number of carbonyl (C=O) groups excluding carboxylic acids is 1. The van der Waals surface area contributed by atoms with Crippen LogP contribution in [0.25, 0.3) is 11.0 Å². The van der Waals surface area contributed by atoms with Crippen LogP contribution in [0, 0.1) is 0 Å². The van der Waals surface area contributed by atoms with Gasteiger partial charge in [0, 0.05) is 19.1 Å². The molecule has 0 saturated carbocycles. The standard InChI is InChI=1S/C26H32N4O3/c1-20-10-7-8-16-28(20)17-9-15-27-24(31)19-30-23-14-6-5-13-22(23)29(25(32)26(30)33)18-21-11-3-2-4-12-21/h2-6,11-14,20H,7-10,15-19H2,1H3,(H,27,31)/t20-/m0/s1. The second-order valence-corrected chi connectivity index (χ2v) is 8.84. The lowest BCUT2D eigenvalue weighted by Crippen LogP contribution is -2.44. The van der Waals surface area contributed by atoms with E-state index in [2.05, 4.69) is 17.1 Å². The Labute approximate surface area is 193 Å². The van der Waals surface area contributed by atoms with E-state index < -0.39 is 11.1 Å². The van der Waals surface area contributed by atoms with E-state index in [1.807, 2.05) is 48.5 Å². The fourth-order valence-electron chi connectivity index (χ4n) is 4.65. The molecule has 7 heteroatoms. The third-order valence-electron chi connectivity index (χ3n) is 6.51.